The van der Waals surface area contributed by atoms with E-state index in [0.29, 0.717) is 0 Å². The lowest BCUT2D eigenvalue weighted by atomic mass is 10.0. The van der Waals surface area contributed by atoms with Gasteiger partial charge in [0, 0.05) is 12.7 Å². The smallest absolute Gasteiger partial charge is 0.123 e. The highest BCUT2D eigenvalue weighted by molar-refractivity contribution is 5.37. The van der Waals surface area contributed by atoms with Gasteiger partial charge in [0.15, 0.2) is 0 Å². The molecule has 1 aliphatic heterocycles. The fourth-order valence-electron chi connectivity index (χ4n) is 2.17. The van der Waals surface area contributed by atoms with E-state index in [1.807, 2.05) is 18.2 Å². The van der Waals surface area contributed by atoms with Crippen LogP contribution in [0.25, 0.3) is 0 Å². The number of hydrogen-bond acceptors (Lipinski definition) is 3. The normalized spacial score (nSPS) is 25.5. The van der Waals surface area contributed by atoms with E-state index in [0.717, 1.165) is 18.7 Å². The van der Waals surface area contributed by atoms with E-state index in [9.17, 15) is 0 Å². The van der Waals surface area contributed by atoms with Crippen LogP contribution in [0.15, 0.2) is 24.3 Å². The first-order chi connectivity index (χ1) is 7.36. The van der Waals surface area contributed by atoms with Crippen molar-refractivity contribution >= 4 is 0 Å². The lowest BCUT2D eigenvalue weighted by Gasteiger charge is -2.20. The Hall–Kier alpha value is -1.06. The van der Waals surface area contributed by atoms with Crippen LogP contribution in [0, 0.1) is 0 Å². The number of hydrogen-bond donors (Lipinski definition) is 1. The summed E-state index contributed by atoms with van der Waals surface area (Å²) in [5, 5.41) is 3.44. The Morgan fingerprint density at radius 1 is 1.27 bits per heavy atom. The first-order valence-corrected chi connectivity index (χ1v) is 5.26. The molecule has 2 rings (SSSR count). The van der Waals surface area contributed by atoms with Gasteiger partial charge in [0.05, 0.1) is 19.3 Å². The second kappa shape index (κ2) is 4.64. The summed E-state index contributed by atoms with van der Waals surface area (Å²) in [5.74, 6) is 0.930. The molecule has 0 saturated carbocycles. The van der Waals surface area contributed by atoms with Crippen molar-refractivity contribution in [3.05, 3.63) is 29.8 Å². The summed E-state index contributed by atoms with van der Waals surface area (Å²) < 4.78 is 10.8. The second-order valence-corrected chi connectivity index (χ2v) is 3.74. The van der Waals surface area contributed by atoms with E-state index in [1.54, 1.807) is 14.2 Å². The molecule has 1 heterocycles. The van der Waals surface area contributed by atoms with Crippen LogP contribution < -0.4 is 10.1 Å². The third-order valence-corrected chi connectivity index (χ3v) is 2.94. The largest absolute Gasteiger partial charge is 0.496 e. The Morgan fingerprint density at radius 3 is 2.80 bits per heavy atom. The fraction of sp³-hybridized carbons (Fsp3) is 0.500. The number of ether oxygens (including phenoxy) is 2. The van der Waals surface area contributed by atoms with Crippen molar-refractivity contribution in [1.82, 2.24) is 5.32 Å². The molecule has 15 heavy (non-hydrogen) atoms. The predicted octanol–water partition coefficient (Wildman–Crippen LogP) is 1.74. The van der Waals surface area contributed by atoms with Gasteiger partial charge in [-0.25, -0.2) is 0 Å². The molecule has 1 fully saturated rings. The lowest BCUT2D eigenvalue weighted by molar-refractivity contribution is 0.0912. The number of methoxy groups -OCH3 is 2. The zero-order valence-electron chi connectivity index (χ0n) is 9.19. The summed E-state index contributed by atoms with van der Waals surface area (Å²) in [7, 11) is 3.47. The number of para-hydroxylation sites is 1. The van der Waals surface area contributed by atoms with Crippen LogP contribution in [0.1, 0.15) is 18.0 Å². The zero-order valence-corrected chi connectivity index (χ0v) is 9.19. The van der Waals surface area contributed by atoms with E-state index in [1.165, 1.54) is 5.56 Å². The topological polar surface area (TPSA) is 30.5 Å². The van der Waals surface area contributed by atoms with Gasteiger partial charge in [0.1, 0.15) is 5.75 Å². The number of rotatable bonds is 3. The minimum absolute atomic E-state index is 0.251. The summed E-state index contributed by atoms with van der Waals surface area (Å²) in [6.07, 6.45) is 1.31. The Morgan fingerprint density at radius 2 is 2.07 bits per heavy atom. The van der Waals surface area contributed by atoms with Crippen molar-refractivity contribution in [3.8, 4) is 5.75 Å². The molecular formula is C12H17NO2. The number of nitrogens with one attached hydrogen (secondary N) is 1. The van der Waals surface area contributed by atoms with Gasteiger partial charge >= 0.3 is 0 Å². The summed E-state index contributed by atoms with van der Waals surface area (Å²) in [4.78, 5) is 0. The van der Waals surface area contributed by atoms with E-state index < -0.39 is 0 Å². The molecule has 0 aliphatic carbocycles. The van der Waals surface area contributed by atoms with Crippen molar-refractivity contribution < 1.29 is 9.47 Å². The molecule has 0 spiro atoms. The molecule has 1 aliphatic rings. The molecular weight excluding hydrogens is 190 g/mol. The molecule has 0 bridgehead atoms. The molecule has 82 valence electrons. The molecule has 2 unspecified atom stereocenters. The third kappa shape index (κ3) is 1.98. The van der Waals surface area contributed by atoms with E-state index >= 15 is 0 Å². The second-order valence-electron chi connectivity index (χ2n) is 3.74. The highest BCUT2D eigenvalue weighted by atomic mass is 16.5. The van der Waals surface area contributed by atoms with Gasteiger partial charge < -0.3 is 14.8 Å². The van der Waals surface area contributed by atoms with Crippen LogP contribution in [-0.4, -0.2) is 26.9 Å². The maximum Gasteiger partial charge on any atom is 0.123 e. The van der Waals surface area contributed by atoms with Crippen molar-refractivity contribution in [3.63, 3.8) is 0 Å². The van der Waals surface area contributed by atoms with Crippen molar-refractivity contribution in [2.45, 2.75) is 18.6 Å². The highest BCUT2D eigenvalue weighted by Gasteiger charge is 2.29. The van der Waals surface area contributed by atoms with Crippen molar-refractivity contribution in [2.24, 2.45) is 0 Å². The van der Waals surface area contributed by atoms with Gasteiger partial charge in [-0.1, -0.05) is 18.2 Å². The molecule has 1 aromatic rings. The van der Waals surface area contributed by atoms with E-state index in [4.69, 9.17) is 9.47 Å². The maximum absolute atomic E-state index is 5.46. The molecule has 0 radical (unpaired) electrons. The van der Waals surface area contributed by atoms with E-state index in [2.05, 4.69) is 11.4 Å². The average molecular weight is 207 g/mol. The molecule has 3 heteroatoms. The molecule has 2 atom stereocenters. The summed E-state index contributed by atoms with van der Waals surface area (Å²) in [5.41, 5.74) is 1.18. The summed E-state index contributed by atoms with van der Waals surface area (Å²) in [6, 6.07) is 8.35. The molecule has 3 nitrogen and oxygen atoms in total. The van der Waals surface area contributed by atoms with Crippen molar-refractivity contribution in [2.75, 3.05) is 20.8 Å². The molecule has 1 saturated heterocycles. The van der Waals surface area contributed by atoms with Gasteiger partial charge in [-0.2, -0.15) is 0 Å². The Kier molecular flexibility index (Phi) is 3.23. The molecule has 1 N–H and O–H groups in total. The maximum atomic E-state index is 5.46. The monoisotopic (exact) mass is 207 g/mol. The summed E-state index contributed by atoms with van der Waals surface area (Å²) >= 11 is 0. The Bertz CT molecular complexity index is 327. The number of benzene rings is 1. The van der Waals surface area contributed by atoms with Gasteiger partial charge in [-0.3, -0.25) is 0 Å². The zero-order chi connectivity index (χ0) is 10.7. The first-order valence-electron chi connectivity index (χ1n) is 5.26. The van der Waals surface area contributed by atoms with Gasteiger partial charge in [-0.05, 0) is 19.0 Å². The van der Waals surface area contributed by atoms with Crippen LogP contribution >= 0.6 is 0 Å². The first kappa shape index (κ1) is 10.5. The average Bonchev–Trinajstić information content (AvgIpc) is 2.76. The highest BCUT2D eigenvalue weighted by Crippen LogP contribution is 2.31. The molecule has 0 aromatic heterocycles. The quantitative estimate of drug-likeness (QED) is 0.819. The van der Waals surface area contributed by atoms with Crippen LogP contribution in [0.2, 0.25) is 0 Å². The van der Waals surface area contributed by atoms with Gasteiger partial charge in [0.2, 0.25) is 0 Å². The minimum atomic E-state index is 0.251. The van der Waals surface area contributed by atoms with Gasteiger partial charge in [-0.15, -0.1) is 0 Å². The van der Waals surface area contributed by atoms with Crippen LogP contribution in [0.5, 0.6) is 5.75 Å². The SMILES string of the molecule is COc1ccccc1C1NCCC1OC. The molecule has 1 aromatic carbocycles. The summed E-state index contributed by atoms with van der Waals surface area (Å²) in [6.45, 7) is 1.00. The predicted molar refractivity (Wildman–Crippen MR) is 59.2 cm³/mol. The lowest BCUT2D eigenvalue weighted by Crippen LogP contribution is -2.23. The minimum Gasteiger partial charge on any atom is -0.496 e. The fourth-order valence-corrected chi connectivity index (χ4v) is 2.17. The van der Waals surface area contributed by atoms with E-state index in [-0.39, 0.29) is 12.1 Å². The Balaban J connectivity index is 2.27. The third-order valence-electron chi connectivity index (χ3n) is 2.94. The van der Waals surface area contributed by atoms with Crippen LogP contribution in [0.3, 0.4) is 0 Å². The van der Waals surface area contributed by atoms with Gasteiger partial charge in [0.25, 0.3) is 0 Å². The Labute approximate surface area is 90.4 Å². The van der Waals surface area contributed by atoms with Crippen LogP contribution in [-0.2, 0) is 4.74 Å². The molecule has 0 amide bonds. The van der Waals surface area contributed by atoms with Crippen molar-refractivity contribution in [1.29, 1.82) is 0 Å². The standard InChI is InChI=1S/C12H17NO2/c1-14-10-6-4-3-5-9(10)12-11(15-2)7-8-13-12/h3-6,11-13H,7-8H2,1-2H3. The van der Waals surface area contributed by atoms with Crippen LogP contribution in [0.4, 0.5) is 0 Å².